The lowest BCUT2D eigenvalue weighted by Gasteiger charge is -2.05. The zero-order valence-corrected chi connectivity index (χ0v) is 9.89. The molecule has 82 valence electrons. The Balaban J connectivity index is 3.00. The second kappa shape index (κ2) is 3.71. The molecule has 6 heteroatoms. The highest BCUT2D eigenvalue weighted by molar-refractivity contribution is 9.10. The van der Waals surface area contributed by atoms with Gasteiger partial charge in [0.25, 0.3) is 0 Å². The molecule has 0 bridgehead atoms. The molecule has 0 spiro atoms. The van der Waals surface area contributed by atoms with Crippen molar-refractivity contribution in [1.29, 1.82) is 0 Å². The lowest BCUT2D eigenvalue weighted by atomic mass is 10.2. The molecule has 0 amide bonds. The van der Waals surface area contributed by atoms with E-state index in [1.165, 1.54) is 17.7 Å². The van der Waals surface area contributed by atoms with Gasteiger partial charge in [-0.3, -0.25) is 14.9 Å². The Kier molecular flexibility index (Phi) is 2.51. The van der Waals surface area contributed by atoms with Gasteiger partial charge in [0.2, 0.25) is 0 Å². The van der Waals surface area contributed by atoms with E-state index in [9.17, 15) is 14.9 Å². The number of pyridine rings is 1. The van der Waals surface area contributed by atoms with E-state index < -0.39 is 16.2 Å². The maximum absolute atomic E-state index is 11.6. The number of aryl methyl sites for hydroxylation is 1. The minimum atomic E-state index is -0.665. The van der Waals surface area contributed by atoms with Gasteiger partial charge in [-0.05, 0) is 12.1 Å². The van der Waals surface area contributed by atoms with Crippen molar-refractivity contribution in [3.63, 3.8) is 0 Å². The number of fused-ring (bicyclic) bond motifs is 1. The fraction of sp³-hybridized carbons (Fsp3) is 0.100. The van der Waals surface area contributed by atoms with Gasteiger partial charge in [0, 0.05) is 23.0 Å². The highest BCUT2D eigenvalue weighted by atomic mass is 79.9. The van der Waals surface area contributed by atoms with Crippen molar-refractivity contribution in [3.05, 3.63) is 49.2 Å². The first-order valence-electron chi connectivity index (χ1n) is 4.45. The minimum Gasteiger partial charge on any atom is -0.305 e. The summed E-state index contributed by atoms with van der Waals surface area (Å²) in [6, 6.07) is 6.58. The molecule has 1 aromatic carbocycles. The van der Waals surface area contributed by atoms with Gasteiger partial charge in [0.1, 0.15) is 0 Å². The Hall–Kier alpha value is -1.69. The van der Waals surface area contributed by atoms with Crippen LogP contribution in [0.4, 0.5) is 5.69 Å². The molecule has 0 aliphatic heterocycles. The number of benzene rings is 1. The summed E-state index contributed by atoms with van der Waals surface area (Å²) in [5.74, 6) is 0. The molecule has 0 N–H and O–H groups in total. The van der Waals surface area contributed by atoms with Crippen LogP contribution in [0.5, 0.6) is 0 Å². The van der Waals surface area contributed by atoms with Crippen LogP contribution in [0.15, 0.2) is 33.5 Å². The molecule has 0 aliphatic rings. The van der Waals surface area contributed by atoms with Crippen LogP contribution in [0.25, 0.3) is 10.9 Å². The lowest BCUT2D eigenvalue weighted by Crippen LogP contribution is -2.20. The van der Waals surface area contributed by atoms with Gasteiger partial charge < -0.3 is 4.57 Å². The summed E-state index contributed by atoms with van der Waals surface area (Å²) in [5.41, 5.74) is -0.359. The van der Waals surface area contributed by atoms with Crippen LogP contribution < -0.4 is 5.56 Å². The molecule has 0 atom stereocenters. The highest BCUT2D eigenvalue weighted by Crippen LogP contribution is 2.24. The van der Waals surface area contributed by atoms with E-state index in [0.29, 0.717) is 10.9 Å². The molecule has 0 radical (unpaired) electrons. The van der Waals surface area contributed by atoms with Gasteiger partial charge in [-0.15, -0.1) is 0 Å². The monoisotopic (exact) mass is 282 g/mol. The zero-order chi connectivity index (χ0) is 11.9. The number of nitrogens with zero attached hydrogens (tertiary/aromatic N) is 2. The van der Waals surface area contributed by atoms with Crippen molar-refractivity contribution in [3.8, 4) is 0 Å². The van der Waals surface area contributed by atoms with Crippen LogP contribution in [-0.4, -0.2) is 9.49 Å². The van der Waals surface area contributed by atoms with Crippen LogP contribution in [0.1, 0.15) is 0 Å². The molecule has 0 saturated heterocycles. The molecular formula is C10H7BrN2O3. The summed E-state index contributed by atoms with van der Waals surface area (Å²) in [6.45, 7) is 0. The summed E-state index contributed by atoms with van der Waals surface area (Å²) in [7, 11) is 1.52. The average molecular weight is 283 g/mol. The number of hydrogen-bond donors (Lipinski definition) is 0. The molecule has 0 saturated carbocycles. The predicted molar refractivity (Wildman–Crippen MR) is 63.5 cm³/mol. The average Bonchev–Trinajstić information content (AvgIpc) is 2.23. The SMILES string of the molecule is Cn1c(=O)c([N+](=O)[O-])cc2c(Br)cccc21. The van der Waals surface area contributed by atoms with Crippen molar-refractivity contribution >= 4 is 32.5 Å². The first kappa shape index (κ1) is 10.8. The van der Waals surface area contributed by atoms with Gasteiger partial charge in [-0.2, -0.15) is 0 Å². The van der Waals surface area contributed by atoms with E-state index in [1.807, 2.05) is 0 Å². The Bertz CT molecular complexity index is 648. The van der Waals surface area contributed by atoms with Gasteiger partial charge in [-0.25, -0.2) is 0 Å². The van der Waals surface area contributed by atoms with Crippen molar-refractivity contribution < 1.29 is 4.92 Å². The van der Waals surface area contributed by atoms with E-state index in [2.05, 4.69) is 15.9 Å². The molecule has 0 unspecified atom stereocenters. The van der Waals surface area contributed by atoms with Crippen LogP contribution in [0.3, 0.4) is 0 Å². The molecule has 1 heterocycles. The van der Waals surface area contributed by atoms with Crippen LogP contribution in [-0.2, 0) is 7.05 Å². The number of halogens is 1. The predicted octanol–water partition coefficient (Wildman–Crippen LogP) is 2.21. The first-order chi connectivity index (χ1) is 7.52. The smallest absolute Gasteiger partial charge is 0.305 e. The van der Waals surface area contributed by atoms with E-state index in [4.69, 9.17) is 0 Å². The summed E-state index contributed by atoms with van der Waals surface area (Å²) in [4.78, 5) is 21.7. The summed E-state index contributed by atoms with van der Waals surface area (Å²) in [6.07, 6.45) is 0. The fourth-order valence-electron chi connectivity index (χ4n) is 1.57. The van der Waals surface area contributed by atoms with E-state index in [-0.39, 0.29) is 0 Å². The maximum atomic E-state index is 11.6. The highest BCUT2D eigenvalue weighted by Gasteiger charge is 2.16. The van der Waals surface area contributed by atoms with Crippen LogP contribution in [0, 0.1) is 10.1 Å². The summed E-state index contributed by atoms with van der Waals surface area (Å²) < 4.78 is 2.00. The molecule has 16 heavy (non-hydrogen) atoms. The molecule has 2 rings (SSSR count). The van der Waals surface area contributed by atoms with Gasteiger partial charge >= 0.3 is 11.2 Å². The standard InChI is InChI=1S/C10H7BrN2O3/c1-12-8-4-2-3-7(11)6(8)5-9(10(12)14)13(15)16/h2-5H,1H3. The molecule has 5 nitrogen and oxygen atoms in total. The van der Waals surface area contributed by atoms with Crippen LogP contribution >= 0.6 is 15.9 Å². The summed E-state index contributed by atoms with van der Waals surface area (Å²) >= 11 is 3.30. The Morgan fingerprint density at radius 2 is 2.12 bits per heavy atom. The van der Waals surface area contributed by atoms with Crippen LogP contribution in [0.2, 0.25) is 0 Å². The second-order valence-electron chi connectivity index (χ2n) is 3.32. The third-order valence-corrected chi connectivity index (χ3v) is 3.08. The van der Waals surface area contributed by atoms with E-state index in [0.717, 1.165) is 4.47 Å². The third kappa shape index (κ3) is 1.51. The van der Waals surface area contributed by atoms with Crippen molar-refractivity contribution in [2.45, 2.75) is 0 Å². The molecule has 0 fully saturated rings. The van der Waals surface area contributed by atoms with E-state index in [1.54, 1.807) is 18.2 Å². The van der Waals surface area contributed by atoms with Crippen molar-refractivity contribution in [2.75, 3.05) is 0 Å². The van der Waals surface area contributed by atoms with Crippen molar-refractivity contribution in [2.24, 2.45) is 7.05 Å². The lowest BCUT2D eigenvalue weighted by molar-refractivity contribution is -0.386. The largest absolute Gasteiger partial charge is 0.334 e. The second-order valence-corrected chi connectivity index (χ2v) is 4.18. The number of hydrogen-bond acceptors (Lipinski definition) is 3. The molecular weight excluding hydrogens is 276 g/mol. The number of nitro groups is 1. The van der Waals surface area contributed by atoms with Gasteiger partial charge in [-0.1, -0.05) is 22.0 Å². The molecule has 2 aromatic rings. The minimum absolute atomic E-state index is 0.415. The molecule has 0 aliphatic carbocycles. The molecule has 1 aromatic heterocycles. The Morgan fingerprint density at radius 3 is 2.75 bits per heavy atom. The Labute approximate surface area is 98.6 Å². The normalized spacial score (nSPS) is 10.6. The Morgan fingerprint density at radius 1 is 1.44 bits per heavy atom. The van der Waals surface area contributed by atoms with Crippen molar-refractivity contribution in [1.82, 2.24) is 4.57 Å². The first-order valence-corrected chi connectivity index (χ1v) is 5.24. The van der Waals surface area contributed by atoms with Gasteiger partial charge in [0.15, 0.2) is 0 Å². The maximum Gasteiger partial charge on any atom is 0.334 e. The quantitative estimate of drug-likeness (QED) is 0.595. The van der Waals surface area contributed by atoms with Gasteiger partial charge in [0.05, 0.1) is 10.4 Å². The number of rotatable bonds is 1. The van der Waals surface area contributed by atoms with E-state index >= 15 is 0 Å². The topological polar surface area (TPSA) is 65.1 Å². The fourth-order valence-corrected chi connectivity index (χ4v) is 2.04. The number of aromatic nitrogens is 1. The summed E-state index contributed by atoms with van der Waals surface area (Å²) in [5, 5.41) is 11.4. The zero-order valence-electron chi connectivity index (χ0n) is 8.31. The third-order valence-electron chi connectivity index (χ3n) is 2.39.